The molecular weight excluding hydrogens is 436 g/mol. The fourth-order valence-corrected chi connectivity index (χ4v) is 3.74. The second kappa shape index (κ2) is 10.8. The number of ether oxygens (including phenoxy) is 2. The van der Waals surface area contributed by atoms with E-state index in [1.54, 1.807) is 42.6 Å². The normalized spacial score (nSPS) is 17.8. The van der Waals surface area contributed by atoms with Gasteiger partial charge in [-0.3, -0.25) is 9.59 Å². The standard InChI is InChI=1S/C25H28N4O5/c1-17-14-29(15-18(2)34-17)23-9-8-19(12-26-23)13-27-24(30)16-33-21-6-3-5-20(11-21)28-25(31)22-7-4-10-32-22/h3-12,17-18H,13-16H2,1-2H3,(H,27,30)(H,28,31). The van der Waals surface area contributed by atoms with E-state index < -0.39 is 0 Å². The maximum absolute atomic E-state index is 12.2. The lowest BCUT2D eigenvalue weighted by Crippen LogP contribution is -2.45. The molecule has 2 aromatic heterocycles. The number of nitrogens with zero attached hydrogens (tertiary/aromatic N) is 2. The molecule has 0 saturated carbocycles. The predicted molar refractivity (Wildman–Crippen MR) is 127 cm³/mol. The number of carbonyl (C=O) groups is 2. The van der Waals surface area contributed by atoms with Crippen LogP contribution in [0.5, 0.6) is 5.75 Å². The third kappa shape index (κ3) is 6.35. The summed E-state index contributed by atoms with van der Waals surface area (Å²) in [7, 11) is 0. The molecular formula is C25H28N4O5. The third-order valence-corrected chi connectivity index (χ3v) is 5.25. The minimum atomic E-state index is -0.364. The van der Waals surface area contributed by atoms with Crippen LogP contribution in [0.3, 0.4) is 0 Å². The molecule has 2 N–H and O–H groups in total. The summed E-state index contributed by atoms with van der Waals surface area (Å²) in [4.78, 5) is 31.1. The van der Waals surface area contributed by atoms with Crippen molar-refractivity contribution in [1.82, 2.24) is 10.3 Å². The van der Waals surface area contributed by atoms with E-state index in [2.05, 4.69) is 34.4 Å². The van der Waals surface area contributed by atoms with E-state index in [-0.39, 0.29) is 36.4 Å². The lowest BCUT2D eigenvalue weighted by Gasteiger charge is -2.36. The van der Waals surface area contributed by atoms with Gasteiger partial charge in [0.1, 0.15) is 11.6 Å². The molecule has 9 nitrogen and oxygen atoms in total. The summed E-state index contributed by atoms with van der Waals surface area (Å²) < 4.78 is 16.4. The van der Waals surface area contributed by atoms with Gasteiger partial charge in [0.2, 0.25) is 0 Å². The van der Waals surface area contributed by atoms with Crippen molar-refractivity contribution in [3.05, 3.63) is 72.3 Å². The highest BCUT2D eigenvalue weighted by Crippen LogP contribution is 2.19. The quantitative estimate of drug-likeness (QED) is 0.527. The maximum Gasteiger partial charge on any atom is 0.291 e. The number of hydrogen-bond donors (Lipinski definition) is 2. The van der Waals surface area contributed by atoms with Gasteiger partial charge in [0.15, 0.2) is 12.4 Å². The molecule has 1 fully saturated rings. The summed E-state index contributed by atoms with van der Waals surface area (Å²) in [5.41, 5.74) is 1.43. The van der Waals surface area contributed by atoms with Crippen LogP contribution < -0.4 is 20.3 Å². The van der Waals surface area contributed by atoms with Crippen LogP contribution in [-0.4, -0.2) is 48.7 Å². The average molecular weight is 465 g/mol. The van der Waals surface area contributed by atoms with Crippen LogP contribution in [0.2, 0.25) is 0 Å². The number of nitrogens with one attached hydrogen (secondary N) is 2. The monoisotopic (exact) mass is 464 g/mol. The largest absolute Gasteiger partial charge is 0.484 e. The number of hydrogen-bond acceptors (Lipinski definition) is 7. The molecule has 2 amide bonds. The van der Waals surface area contributed by atoms with Crippen LogP contribution in [-0.2, 0) is 16.1 Å². The fourth-order valence-electron chi connectivity index (χ4n) is 3.74. The highest BCUT2D eigenvalue weighted by molar-refractivity contribution is 6.02. The first-order valence-electron chi connectivity index (χ1n) is 11.2. The van der Waals surface area contributed by atoms with Crippen molar-refractivity contribution in [1.29, 1.82) is 0 Å². The van der Waals surface area contributed by atoms with E-state index in [1.807, 2.05) is 12.1 Å². The number of benzene rings is 1. The molecule has 9 heteroatoms. The van der Waals surface area contributed by atoms with E-state index in [0.717, 1.165) is 24.5 Å². The second-order valence-corrected chi connectivity index (χ2v) is 8.21. The first-order chi connectivity index (χ1) is 16.5. The lowest BCUT2D eigenvalue weighted by atomic mass is 10.2. The van der Waals surface area contributed by atoms with E-state index in [0.29, 0.717) is 18.0 Å². The molecule has 3 aromatic rings. The Hall–Kier alpha value is -3.85. The molecule has 1 saturated heterocycles. The third-order valence-electron chi connectivity index (χ3n) is 5.25. The number of aromatic nitrogens is 1. The van der Waals surface area contributed by atoms with Crippen LogP contribution >= 0.6 is 0 Å². The van der Waals surface area contributed by atoms with Gasteiger partial charge in [0.05, 0.1) is 18.5 Å². The van der Waals surface area contributed by atoms with Gasteiger partial charge in [-0.15, -0.1) is 0 Å². The number of furan rings is 1. The summed E-state index contributed by atoms with van der Waals surface area (Å²) in [5.74, 6) is 0.955. The minimum Gasteiger partial charge on any atom is -0.484 e. The molecule has 2 unspecified atom stereocenters. The highest BCUT2D eigenvalue weighted by Gasteiger charge is 2.23. The molecule has 1 aromatic carbocycles. The first-order valence-corrected chi connectivity index (χ1v) is 11.2. The Labute approximate surface area is 198 Å². The molecule has 0 spiro atoms. The summed E-state index contributed by atoms with van der Waals surface area (Å²) in [6.07, 6.45) is 3.53. The molecule has 178 valence electrons. The Balaban J connectivity index is 1.23. The summed E-state index contributed by atoms with van der Waals surface area (Å²) in [6, 6.07) is 14.0. The first kappa shape index (κ1) is 23.3. The Kier molecular flexibility index (Phi) is 7.44. The van der Waals surface area contributed by atoms with Crippen LogP contribution in [0.25, 0.3) is 0 Å². The van der Waals surface area contributed by atoms with Gasteiger partial charge >= 0.3 is 0 Å². The van der Waals surface area contributed by atoms with Gasteiger partial charge in [-0.1, -0.05) is 12.1 Å². The summed E-state index contributed by atoms with van der Waals surface area (Å²) in [6.45, 7) is 5.93. The Morgan fingerprint density at radius 3 is 2.65 bits per heavy atom. The van der Waals surface area contributed by atoms with Crippen molar-refractivity contribution < 1.29 is 23.5 Å². The summed E-state index contributed by atoms with van der Waals surface area (Å²) in [5, 5.41) is 5.55. The number of morpholine rings is 1. The van der Waals surface area contributed by atoms with Gasteiger partial charge in [0, 0.05) is 37.6 Å². The van der Waals surface area contributed by atoms with Crippen LogP contribution in [0.1, 0.15) is 30.0 Å². The van der Waals surface area contributed by atoms with Gasteiger partial charge in [0.25, 0.3) is 11.8 Å². The molecule has 0 aliphatic carbocycles. The van der Waals surface area contributed by atoms with Crippen LogP contribution in [0.4, 0.5) is 11.5 Å². The molecule has 2 atom stereocenters. The van der Waals surface area contributed by atoms with Crippen LogP contribution in [0.15, 0.2) is 65.4 Å². The fraction of sp³-hybridized carbons (Fsp3) is 0.320. The van der Waals surface area contributed by atoms with Crippen molar-refractivity contribution >= 4 is 23.3 Å². The van der Waals surface area contributed by atoms with Crippen molar-refractivity contribution in [2.45, 2.75) is 32.6 Å². The zero-order chi connectivity index (χ0) is 23.9. The SMILES string of the molecule is CC1CN(c2ccc(CNC(=O)COc3cccc(NC(=O)c4ccco4)c3)cn2)CC(C)O1. The Bertz CT molecular complexity index is 1090. The van der Waals surface area contributed by atoms with E-state index >= 15 is 0 Å². The number of rotatable bonds is 8. The van der Waals surface area contributed by atoms with Crippen molar-refractivity contribution in [3.63, 3.8) is 0 Å². The molecule has 1 aliphatic rings. The Morgan fingerprint density at radius 1 is 1.12 bits per heavy atom. The summed E-state index contributed by atoms with van der Waals surface area (Å²) >= 11 is 0. The van der Waals surface area contributed by atoms with Crippen molar-refractivity contribution in [3.8, 4) is 5.75 Å². The maximum atomic E-state index is 12.2. The highest BCUT2D eigenvalue weighted by atomic mass is 16.5. The van der Waals surface area contributed by atoms with Gasteiger partial charge in [-0.05, 0) is 49.7 Å². The predicted octanol–water partition coefficient (Wildman–Crippen LogP) is 3.24. The molecule has 1 aliphatic heterocycles. The molecule has 0 radical (unpaired) electrons. The molecule has 3 heterocycles. The zero-order valence-corrected chi connectivity index (χ0v) is 19.2. The van der Waals surface area contributed by atoms with Crippen molar-refractivity contribution in [2.24, 2.45) is 0 Å². The molecule has 34 heavy (non-hydrogen) atoms. The van der Waals surface area contributed by atoms with Gasteiger partial charge < -0.3 is 29.4 Å². The van der Waals surface area contributed by atoms with Crippen LogP contribution in [0, 0.1) is 0 Å². The minimum absolute atomic E-state index is 0.148. The number of anilines is 2. The second-order valence-electron chi connectivity index (χ2n) is 8.21. The zero-order valence-electron chi connectivity index (χ0n) is 19.2. The molecule has 0 bridgehead atoms. The lowest BCUT2D eigenvalue weighted by molar-refractivity contribution is -0.123. The van der Waals surface area contributed by atoms with Gasteiger partial charge in [-0.2, -0.15) is 0 Å². The topological polar surface area (TPSA) is 106 Å². The average Bonchev–Trinajstić information content (AvgIpc) is 3.37. The number of amides is 2. The van der Waals surface area contributed by atoms with E-state index in [9.17, 15) is 9.59 Å². The number of carbonyl (C=O) groups excluding carboxylic acids is 2. The van der Waals surface area contributed by atoms with E-state index in [4.69, 9.17) is 13.9 Å². The number of pyridine rings is 1. The van der Waals surface area contributed by atoms with E-state index in [1.165, 1.54) is 6.26 Å². The van der Waals surface area contributed by atoms with Gasteiger partial charge in [-0.25, -0.2) is 4.98 Å². The Morgan fingerprint density at radius 2 is 1.94 bits per heavy atom. The molecule has 4 rings (SSSR count). The van der Waals surface area contributed by atoms with Crippen molar-refractivity contribution in [2.75, 3.05) is 29.9 Å². The smallest absolute Gasteiger partial charge is 0.291 e.